The quantitative estimate of drug-likeness (QED) is 0.802. The summed E-state index contributed by atoms with van der Waals surface area (Å²) in [4.78, 5) is 0. The van der Waals surface area contributed by atoms with Gasteiger partial charge in [0.1, 0.15) is 0 Å². The highest BCUT2D eigenvalue weighted by molar-refractivity contribution is 5.38. The second-order valence-corrected chi connectivity index (χ2v) is 6.53. The van der Waals surface area contributed by atoms with Crippen molar-refractivity contribution in [1.29, 1.82) is 0 Å². The average Bonchev–Trinajstić information content (AvgIpc) is 2.83. The van der Waals surface area contributed by atoms with Crippen LogP contribution in [0.15, 0.2) is 12.1 Å². The molecule has 1 fully saturated rings. The van der Waals surface area contributed by atoms with Crippen LogP contribution in [0.25, 0.3) is 0 Å². The number of benzene rings is 1. The van der Waals surface area contributed by atoms with Gasteiger partial charge in [-0.1, -0.05) is 24.6 Å². The molecule has 1 saturated heterocycles. The minimum atomic E-state index is 0.292. The Balaban J connectivity index is 2.16. The molecule has 0 saturated carbocycles. The van der Waals surface area contributed by atoms with E-state index in [1.165, 1.54) is 35.1 Å². The molecule has 2 rings (SSSR count). The molecular weight excluding hydrogens is 246 g/mol. The van der Waals surface area contributed by atoms with Crippen LogP contribution in [0.5, 0.6) is 0 Å². The van der Waals surface area contributed by atoms with E-state index in [0.717, 1.165) is 32.7 Å². The summed E-state index contributed by atoms with van der Waals surface area (Å²) in [6, 6.07) is 4.62. The molecular formula is C18H29NO. The molecule has 2 heteroatoms. The van der Waals surface area contributed by atoms with E-state index < -0.39 is 0 Å². The molecule has 0 spiro atoms. The lowest BCUT2D eigenvalue weighted by molar-refractivity contribution is 0.149. The van der Waals surface area contributed by atoms with Gasteiger partial charge in [0, 0.05) is 18.6 Å². The summed E-state index contributed by atoms with van der Waals surface area (Å²) in [6.07, 6.45) is 3.51. The Bertz CT molecular complexity index is 424. The van der Waals surface area contributed by atoms with Crippen molar-refractivity contribution in [3.63, 3.8) is 0 Å². The summed E-state index contributed by atoms with van der Waals surface area (Å²) >= 11 is 0. The molecule has 1 N–H and O–H groups in total. The molecule has 2 nitrogen and oxygen atoms in total. The van der Waals surface area contributed by atoms with Crippen LogP contribution in [0, 0.1) is 26.2 Å². The van der Waals surface area contributed by atoms with Crippen molar-refractivity contribution < 1.29 is 4.74 Å². The Morgan fingerprint density at radius 3 is 2.45 bits per heavy atom. The second kappa shape index (κ2) is 6.73. The molecule has 112 valence electrons. The number of nitrogens with one attached hydrogen (secondary N) is 1. The van der Waals surface area contributed by atoms with E-state index in [0.29, 0.717) is 5.41 Å². The fourth-order valence-corrected chi connectivity index (χ4v) is 3.38. The number of ether oxygens (including phenoxy) is 1. The van der Waals surface area contributed by atoms with E-state index in [4.69, 9.17) is 4.74 Å². The molecule has 0 aliphatic carbocycles. The SMILES string of the molecule is CCCNCC1(Cc2c(C)cc(C)cc2C)CCOC1. The van der Waals surface area contributed by atoms with E-state index in [1.807, 2.05) is 0 Å². The zero-order chi connectivity index (χ0) is 14.6. The Hall–Kier alpha value is -0.860. The van der Waals surface area contributed by atoms with Crippen LogP contribution in [-0.4, -0.2) is 26.3 Å². The van der Waals surface area contributed by atoms with Gasteiger partial charge in [0.15, 0.2) is 0 Å². The normalized spacial score (nSPS) is 22.4. The van der Waals surface area contributed by atoms with Crippen molar-refractivity contribution in [2.24, 2.45) is 5.41 Å². The lowest BCUT2D eigenvalue weighted by Gasteiger charge is -2.29. The number of aryl methyl sites for hydroxylation is 3. The van der Waals surface area contributed by atoms with Gasteiger partial charge in [-0.05, 0) is 63.3 Å². The average molecular weight is 275 g/mol. The summed E-state index contributed by atoms with van der Waals surface area (Å²) in [7, 11) is 0. The number of rotatable bonds is 6. The van der Waals surface area contributed by atoms with E-state index in [1.54, 1.807) is 0 Å². The third-order valence-electron chi connectivity index (χ3n) is 4.50. The Kier molecular flexibility index (Phi) is 5.22. The van der Waals surface area contributed by atoms with Gasteiger partial charge in [0.05, 0.1) is 6.61 Å². The summed E-state index contributed by atoms with van der Waals surface area (Å²) in [5.74, 6) is 0. The molecule has 1 aromatic carbocycles. The van der Waals surface area contributed by atoms with Crippen molar-refractivity contribution in [2.75, 3.05) is 26.3 Å². The van der Waals surface area contributed by atoms with E-state index in [9.17, 15) is 0 Å². The van der Waals surface area contributed by atoms with Gasteiger partial charge in [0.25, 0.3) is 0 Å². The van der Waals surface area contributed by atoms with E-state index in [2.05, 4.69) is 45.1 Å². The minimum Gasteiger partial charge on any atom is -0.381 e. The molecule has 1 aliphatic heterocycles. The van der Waals surface area contributed by atoms with Gasteiger partial charge in [-0.2, -0.15) is 0 Å². The predicted octanol–water partition coefficient (Wildman–Crippen LogP) is 3.56. The zero-order valence-electron chi connectivity index (χ0n) is 13.5. The van der Waals surface area contributed by atoms with Gasteiger partial charge < -0.3 is 10.1 Å². The lowest BCUT2D eigenvalue weighted by Crippen LogP contribution is -2.37. The maximum absolute atomic E-state index is 5.73. The Morgan fingerprint density at radius 1 is 1.20 bits per heavy atom. The fraction of sp³-hybridized carbons (Fsp3) is 0.667. The highest BCUT2D eigenvalue weighted by Crippen LogP contribution is 2.34. The summed E-state index contributed by atoms with van der Waals surface area (Å²) in [6.45, 7) is 12.9. The monoisotopic (exact) mass is 275 g/mol. The van der Waals surface area contributed by atoms with Gasteiger partial charge in [-0.3, -0.25) is 0 Å². The highest BCUT2D eigenvalue weighted by Gasteiger charge is 2.35. The largest absolute Gasteiger partial charge is 0.381 e. The third kappa shape index (κ3) is 3.62. The van der Waals surface area contributed by atoms with Crippen LogP contribution in [0.1, 0.15) is 42.0 Å². The maximum Gasteiger partial charge on any atom is 0.0538 e. The van der Waals surface area contributed by atoms with Crippen molar-refractivity contribution in [1.82, 2.24) is 5.32 Å². The smallest absolute Gasteiger partial charge is 0.0538 e. The van der Waals surface area contributed by atoms with Crippen LogP contribution in [-0.2, 0) is 11.2 Å². The minimum absolute atomic E-state index is 0.292. The number of hydrogen-bond acceptors (Lipinski definition) is 2. The van der Waals surface area contributed by atoms with Crippen LogP contribution >= 0.6 is 0 Å². The van der Waals surface area contributed by atoms with Crippen LogP contribution in [0.2, 0.25) is 0 Å². The molecule has 1 aromatic rings. The first-order chi connectivity index (χ1) is 9.56. The molecule has 0 bridgehead atoms. The summed E-state index contributed by atoms with van der Waals surface area (Å²) in [5, 5.41) is 3.61. The van der Waals surface area contributed by atoms with Gasteiger partial charge >= 0.3 is 0 Å². The first kappa shape index (κ1) is 15.5. The van der Waals surface area contributed by atoms with E-state index >= 15 is 0 Å². The first-order valence-electron chi connectivity index (χ1n) is 7.91. The summed E-state index contributed by atoms with van der Waals surface area (Å²) < 4.78 is 5.73. The Labute approximate surface area is 123 Å². The van der Waals surface area contributed by atoms with Gasteiger partial charge in [-0.25, -0.2) is 0 Å². The topological polar surface area (TPSA) is 21.3 Å². The zero-order valence-corrected chi connectivity index (χ0v) is 13.5. The predicted molar refractivity (Wildman–Crippen MR) is 85.4 cm³/mol. The van der Waals surface area contributed by atoms with E-state index in [-0.39, 0.29) is 0 Å². The van der Waals surface area contributed by atoms with Crippen LogP contribution in [0.3, 0.4) is 0 Å². The third-order valence-corrected chi connectivity index (χ3v) is 4.50. The van der Waals surface area contributed by atoms with Crippen LogP contribution < -0.4 is 5.32 Å². The lowest BCUT2D eigenvalue weighted by atomic mass is 9.78. The van der Waals surface area contributed by atoms with Gasteiger partial charge in [-0.15, -0.1) is 0 Å². The first-order valence-corrected chi connectivity index (χ1v) is 7.91. The van der Waals surface area contributed by atoms with Crippen molar-refractivity contribution >= 4 is 0 Å². The van der Waals surface area contributed by atoms with Crippen LogP contribution in [0.4, 0.5) is 0 Å². The Morgan fingerprint density at radius 2 is 1.90 bits per heavy atom. The second-order valence-electron chi connectivity index (χ2n) is 6.53. The molecule has 0 aromatic heterocycles. The summed E-state index contributed by atoms with van der Waals surface area (Å²) in [5.41, 5.74) is 6.05. The number of hydrogen-bond donors (Lipinski definition) is 1. The fourth-order valence-electron chi connectivity index (χ4n) is 3.38. The molecule has 20 heavy (non-hydrogen) atoms. The molecule has 1 heterocycles. The van der Waals surface area contributed by atoms with Crippen molar-refractivity contribution in [3.8, 4) is 0 Å². The molecule has 1 atom stereocenters. The molecule has 0 amide bonds. The van der Waals surface area contributed by atoms with Crippen molar-refractivity contribution in [3.05, 3.63) is 34.4 Å². The molecule has 1 aliphatic rings. The molecule has 0 radical (unpaired) electrons. The molecule has 1 unspecified atom stereocenters. The standard InChI is InChI=1S/C18H29NO/c1-5-7-19-12-18(6-8-20-13-18)11-17-15(3)9-14(2)10-16(17)4/h9-10,19H,5-8,11-13H2,1-4H3. The maximum atomic E-state index is 5.73. The highest BCUT2D eigenvalue weighted by atomic mass is 16.5. The van der Waals surface area contributed by atoms with Crippen molar-refractivity contribution in [2.45, 2.75) is 47.0 Å². The van der Waals surface area contributed by atoms with Gasteiger partial charge in [0.2, 0.25) is 0 Å².